The van der Waals surface area contributed by atoms with E-state index in [-0.39, 0.29) is 0 Å². The summed E-state index contributed by atoms with van der Waals surface area (Å²) in [4.78, 5) is 2.47. The van der Waals surface area contributed by atoms with Crippen molar-refractivity contribution < 1.29 is 4.74 Å². The summed E-state index contributed by atoms with van der Waals surface area (Å²) in [6.45, 7) is 5.31. The van der Waals surface area contributed by atoms with Gasteiger partial charge in [0.15, 0.2) is 0 Å². The average Bonchev–Trinajstić information content (AvgIpc) is 2.41. The fourth-order valence-electron chi connectivity index (χ4n) is 2.66. The van der Waals surface area contributed by atoms with Gasteiger partial charge in [0.05, 0.1) is 0 Å². The molecule has 1 heterocycles. The van der Waals surface area contributed by atoms with Crippen molar-refractivity contribution in [2.24, 2.45) is 11.7 Å². The van der Waals surface area contributed by atoms with Gasteiger partial charge in [-0.1, -0.05) is 19.3 Å². The van der Waals surface area contributed by atoms with Crippen LogP contribution in [0.2, 0.25) is 0 Å². The number of hydrogen-bond donors (Lipinski definition) is 1. The van der Waals surface area contributed by atoms with E-state index >= 15 is 0 Å². The van der Waals surface area contributed by atoms with E-state index in [1.54, 1.807) is 0 Å². The van der Waals surface area contributed by atoms with E-state index < -0.39 is 0 Å². The minimum atomic E-state index is 0.842. The molecule has 2 N–H and O–H groups in total. The van der Waals surface area contributed by atoms with Crippen LogP contribution in [-0.4, -0.2) is 44.8 Å². The third-order valence-electron chi connectivity index (χ3n) is 3.99. The lowest BCUT2D eigenvalue weighted by Gasteiger charge is -2.22. The summed E-state index contributed by atoms with van der Waals surface area (Å²) in [5.41, 5.74) is 5.49. The van der Waals surface area contributed by atoms with Gasteiger partial charge >= 0.3 is 0 Å². The maximum Gasteiger partial charge on any atom is 0.0468 e. The van der Waals surface area contributed by atoms with Crippen molar-refractivity contribution in [2.45, 2.75) is 51.4 Å². The molecule has 0 unspecified atom stereocenters. The summed E-state index contributed by atoms with van der Waals surface area (Å²) in [7, 11) is 2.25. The number of hydrogen-bond acceptors (Lipinski definition) is 3. The van der Waals surface area contributed by atoms with E-state index in [1.807, 2.05) is 0 Å². The summed E-state index contributed by atoms with van der Waals surface area (Å²) >= 11 is 0. The molecule has 0 spiro atoms. The summed E-state index contributed by atoms with van der Waals surface area (Å²) < 4.78 is 5.39. The second kappa shape index (κ2) is 10.8. The number of unbranched alkanes of at least 4 members (excludes halogenated alkanes) is 3. The van der Waals surface area contributed by atoms with Gasteiger partial charge in [-0.25, -0.2) is 0 Å². The Kier molecular flexibility index (Phi) is 9.54. The highest BCUT2D eigenvalue weighted by molar-refractivity contribution is 4.64. The summed E-state index contributed by atoms with van der Waals surface area (Å²) in [6.07, 6.45) is 10.5. The van der Waals surface area contributed by atoms with Crippen molar-refractivity contribution in [1.82, 2.24) is 4.90 Å². The maximum absolute atomic E-state index is 5.49. The molecule has 1 fully saturated rings. The van der Waals surface area contributed by atoms with Crippen LogP contribution >= 0.6 is 0 Å². The lowest BCUT2D eigenvalue weighted by Crippen LogP contribution is -2.21. The highest BCUT2D eigenvalue weighted by atomic mass is 16.5. The fraction of sp³-hybridized carbons (Fsp3) is 1.00. The minimum Gasteiger partial charge on any atom is -0.381 e. The summed E-state index contributed by atoms with van der Waals surface area (Å²) in [6, 6.07) is 0. The second-order valence-electron chi connectivity index (χ2n) is 5.70. The zero-order valence-electron chi connectivity index (χ0n) is 12.2. The molecule has 0 aromatic rings. The lowest BCUT2D eigenvalue weighted by molar-refractivity contribution is 0.0629. The van der Waals surface area contributed by atoms with Crippen molar-refractivity contribution in [3.8, 4) is 0 Å². The Morgan fingerprint density at radius 3 is 2.33 bits per heavy atom. The Hall–Kier alpha value is -0.120. The van der Waals surface area contributed by atoms with Gasteiger partial charge in [-0.05, 0) is 64.7 Å². The SMILES string of the molecule is CN(CCCCCN)CCCCC1CCOCC1. The molecular formula is C15H32N2O. The van der Waals surface area contributed by atoms with E-state index in [2.05, 4.69) is 11.9 Å². The average molecular weight is 256 g/mol. The molecule has 3 heteroatoms. The van der Waals surface area contributed by atoms with Gasteiger partial charge < -0.3 is 15.4 Å². The first-order valence-electron chi connectivity index (χ1n) is 7.79. The minimum absolute atomic E-state index is 0.842. The van der Waals surface area contributed by atoms with Crippen LogP contribution in [-0.2, 0) is 4.74 Å². The molecule has 1 rings (SSSR count). The van der Waals surface area contributed by atoms with Gasteiger partial charge in [0.1, 0.15) is 0 Å². The van der Waals surface area contributed by atoms with Crippen molar-refractivity contribution in [2.75, 3.05) is 39.9 Å². The van der Waals surface area contributed by atoms with Crippen LogP contribution in [0.5, 0.6) is 0 Å². The normalized spacial score (nSPS) is 17.5. The molecule has 108 valence electrons. The number of rotatable bonds is 10. The molecule has 3 nitrogen and oxygen atoms in total. The molecule has 18 heavy (non-hydrogen) atoms. The molecule has 0 atom stereocenters. The Morgan fingerprint density at radius 1 is 1.00 bits per heavy atom. The molecule has 0 bridgehead atoms. The molecule has 0 aromatic heterocycles. The molecule has 0 amide bonds. The standard InChI is InChI=1S/C15H32N2O/c1-17(11-5-2-4-10-16)12-6-3-7-15-8-13-18-14-9-15/h15H,2-14,16H2,1H3. The first-order chi connectivity index (χ1) is 8.83. The number of nitrogens with zero attached hydrogens (tertiary/aromatic N) is 1. The summed E-state index contributed by atoms with van der Waals surface area (Å²) in [5, 5.41) is 0. The van der Waals surface area contributed by atoms with Gasteiger partial charge in [0.2, 0.25) is 0 Å². The third-order valence-corrected chi connectivity index (χ3v) is 3.99. The van der Waals surface area contributed by atoms with Crippen LogP contribution in [0.4, 0.5) is 0 Å². The van der Waals surface area contributed by atoms with Crippen LogP contribution in [0.15, 0.2) is 0 Å². The highest BCUT2D eigenvalue weighted by Crippen LogP contribution is 2.20. The molecule has 0 aliphatic carbocycles. The zero-order valence-corrected chi connectivity index (χ0v) is 12.2. The van der Waals surface area contributed by atoms with Crippen LogP contribution in [0.1, 0.15) is 51.4 Å². The van der Waals surface area contributed by atoms with E-state index in [4.69, 9.17) is 10.5 Å². The molecular weight excluding hydrogens is 224 g/mol. The van der Waals surface area contributed by atoms with Crippen LogP contribution in [0.3, 0.4) is 0 Å². The van der Waals surface area contributed by atoms with Crippen molar-refractivity contribution >= 4 is 0 Å². The second-order valence-corrected chi connectivity index (χ2v) is 5.70. The van der Waals surface area contributed by atoms with Crippen LogP contribution in [0, 0.1) is 5.92 Å². The third kappa shape index (κ3) is 8.06. The number of ether oxygens (including phenoxy) is 1. The molecule has 1 saturated heterocycles. The van der Waals surface area contributed by atoms with Gasteiger partial charge in [-0.2, -0.15) is 0 Å². The van der Waals surface area contributed by atoms with Gasteiger partial charge in [0, 0.05) is 13.2 Å². The topological polar surface area (TPSA) is 38.5 Å². The Bertz CT molecular complexity index is 181. The lowest BCUT2D eigenvalue weighted by atomic mass is 9.94. The van der Waals surface area contributed by atoms with Gasteiger partial charge in [0.25, 0.3) is 0 Å². The molecule has 0 saturated carbocycles. The predicted octanol–water partition coefficient (Wildman–Crippen LogP) is 2.64. The quantitative estimate of drug-likeness (QED) is 0.611. The smallest absolute Gasteiger partial charge is 0.0468 e. The van der Waals surface area contributed by atoms with E-state index in [0.717, 1.165) is 25.7 Å². The first kappa shape index (κ1) is 15.9. The van der Waals surface area contributed by atoms with E-state index in [9.17, 15) is 0 Å². The van der Waals surface area contributed by atoms with Crippen molar-refractivity contribution in [1.29, 1.82) is 0 Å². The van der Waals surface area contributed by atoms with Crippen molar-refractivity contribution in [3.63, 3.8) is 0 Å². The van der Waals surface area contributed by atoms with Gasteiger partial charge in [-0.15, -0.1) is 0 Å². The summed E-state index contributed by atoms with van der Waals surface area (Å²) in [5.74, 6) is 0.939. The number of nitrogens with two attached hydrogens (primary N) is 1. The first-order valence-corrected chi connectivity index (χ1v) is 7.79. The van der Waals surface area contributed by atoms with Gasteiger partial charge in [-0.3, -0.25) is 0 Å². The molecule has 1 aliphatic rings. The molecule has 0 aromatic carbocycles. The molecule has 0 radical (unpaired) electrons. The zero-order chi connectivity index (χ0) is 13.1. The largest absolute Gasteiger partial charge is 0.381 e. The Balaban J connectivity index is 1.86. The fourth-order valence-corrected chi connectivity index (χ4v) is 2.66. The Labute approximate surface area is 113 Å². The predicted molar refractivity (Wildman–Crippen MR) is 77.8 cm³/mol. The van der Waals surface area contributed by atoms with Crippen LogP contribution in [0.25, 0.3) is 0 Å². The Morgan fingerprint density at radius 2 is 1.67 bits per heavy atom. The monoisotopic (exact) mass is 256 g/mol. The van der Waals surface area contributed by atoms with Crippen LogP contribution < -0.4 is 5.73 Å². The highest BCUT2D eigenvalue weighted by Gasteiger charge is 2.12. The molecule has 1 aliphatic heterocycles. The van der Waals surface area contributed by atoms with E-state index in [0.29, 0.717) is 0 Å². The van der Waals surface area contributed by atoms with Crippen molar-refractivity contribution in [3.05, 3.63) is 0 Å². The maximum atomic E-state index is 5.49. The van der Waals surface area contributed by atoms with E-state index in [1.165, 1.54) is 64.5 Å².